The number of sulfonamides is 2. The van der Waals surface area contributed by atoms with Gasteiger partial charge in [0.2, 0.25) is 11.8 Å². The fraction of sp³-hybridized carbons (Fsp3) is 0.195. The topological polar surface area (TPSA) is 180 Å². The third-order valence-corrected chi connectivity index (χ3v) is 12.9. The van der Waals surface area contributed by atoms with Crippen LogP contribution in [0.25, 0.3) is 33.9 Å². The van der Waals surface area contributed by atoms with Crippen molar-refractivity contribution in [2.75, 3.05) is 13.5 Å². The minimum Gasteiger partial charge on any atom is -0.412 e. The Bertz CT molecular complexity index is 2770. The molecule has 0 N–H and O–H groups in total. The summed E-state index contributed by atoms with van der Waals surface area (Å²) in [4.78, 5) is 36.5. The van der Waals surface area contributed by atoms with Crippen molar-refractivity contribution in [3.8, 4) is 33.9 Å². The number of halogens is 6. The van der Waals surface area contributed by atoms with Crippen LogP contribution in [0.4, 0.5) is 31.1 Å². The minimum atomic E-state index is -4.82. The van der Waals surface area contributed by atoms with Crippen LogP contribution in [0.1, 0.15) is 36.4 Å². The van der Waals surface area contributed by atoms with Gasteiger partial charge in [-0.05, 0) is 86.6 Å². The maximum absolute atomic E-state index is 13.7. The molecule has 0 unspecified atom stereocenters. The Morgan fingerprint density at radius 1 is 0.562 bits per heavy atom. The number of amides is 2. The number of ether oxygens (including phenoxy) is 2. The predicted octanol–water partition coefficient (Wildman–Crippen LogP) is 7.89. The lowest BCUT2D eigenvalue weighted by molar-refractivity contribution is -0.142. The normalized spacial score (nSPS) is 12.2. The van der Waals surface area contributed by atoms with E-state index in [9.17, 15) is 57.6 Å². The molecule has 15 nitrogen and oxygen atoms in total. The van der Waals surface area contributed by atoms with E-state index in [1.807, 2.05) is 0 Å². The average molecular weight is 933 g/mol. The fourth-order valence-corrected chi connectivity index (χ4v) is 8.68. The van der Waals surface area contributed by atoms with E-state index in [0.29, 0.717) is 11.1 Å². The summed E-state index contributed by atoms with van der Waals surface area (Å²) in [5.74, 6) is -2.32. The van der Waals surface area contributed by atoms with E-state index >= 15 is 0 Å². The van der Waals surface area contributed by atoms with Gasteiger partial charge in [0.05, 0.1) is 32.6 Å². The van der Waals surface area contributed by atoms with Gasteiger partial charge in [-0.15, -0.1) is 0 Å². The van der Waals surface area contributed by atoms with Gasteiger partial charge in [0, 0.05) is 25.0 Å². The molecular weight excluding hydrogens is 899 g/mol. The van der Waals surface area contributed by atoms with Gasteiger partial charge in [0.1, 0.15) is 0 Å². The van der Waals surface area contributed by atoms with Crippen LogP contribution in [0, 0.1) is 13.8 Å². The summed E-state index contributed by atoms with van der Waals surface area (Å²) in [6, 6.07) is 23.3. The standard InChI is InChI=1S/C41H34F6N6O9S2/c1-25-7-5-9-29(19-25)35-21-37(40(42,43)44)48-52(35)31-11-15-33(16-12-31)63(57,58)50(27(3)54)23-61-39(56)62-24-51(28(4)55)64(59,60)34-17-13-32(14-18-34)53-36(22-38(49-53)41(45,46)47)30-10-6-8-26(2)20-30/h5-22H,23-24H2,1-4H3. The predicted molar refractivity (Wildman–Crippen MR) is 214 cm³/mol. The summed E-state index contributed by atoms with van der Waals surface area (Å²) in [6.07, 6.45) is -11.3. The Morgan fingerprint density at radius 3 is 1.20 bits per heavy atom. The second-order valence-corrected chi connectivity index (χ2v) is 17.6. The molecule has 0 aliphatic rings. The number of rotatable bonds is 12. The number of hydrogen-bond donors (Lipinski definition) is 0. The van der Waals surface area contributed by atoms with E-state index in [1.165, 1.54) is 0 Å². The molecule has 2 heterocycles. The molecule has 6 aromatic rings. The van der Waals surface area contributed by atoms with Crippen LogP contribution < -0.4 is 0 Å². The van der Waals surface area contributed by atoms with E-state index in [1.54, 1.807) is 62.4 Å². The minimum absolute atomic E-state index is 0.0192. The molecule has 64 heavy (non-hydrogen) atoms. The van der Waals surface area contributed by atoms with Crippen molar-refractivity contribution in [2.45, 2.75) is 49.8 Å². The molecule has 336 valence electrons. The van der Waals surface area contributed by atoms with Crippen LogP contribution >= 0.6 is 0 Å². The van der Waals surface area contributed by atoms with Crippen molar-refractivity contribution in [3.63, 3.8) is 0 Å². The Labute approximate surface area is 361 Å². The van der Waals surface area contributed by atoms with E-state index in [4.69, 9.17) is 9.47 Å². The molecule has 0 saturated heterocycles. The highest BCUT2D eigenvalue weighted by molar-refractivity contribution is 7.90. The first kappa shape index (κ1) is 46.5. The molecular formula is C41H34F6N6O9S2. The summed E-state index contributed by atoms with van der Waals surface area (Å²) in [7, 11) is -9.63. The number of carbonyl (C=O) groups is 3. The first-order chi connectivity index (χ1) is 29.9. The summed E-state index contributed by atoms with van der Waals surface area (Å²) in [5.41, 5.74) is -0.0296. The second-order valence-electron chi connectivity index (χ2n) is 13.9. The van der Waals surface area contributed by atoms with Gasteiger partial charge < -0.3 is 9.47 Å². The quantitative estimate of drug-likeness (QED) is 0.0662. The highest BCUT2D eigenvalue weighted by atomic mass is 32.2. The van der Waals surface area contributed by atoms with E-state index in [-0.39, 0.29) is 31.4 Å². The Hall–Kier alpha value is -7.01. The molecule has 4 aromatic carbocycles. The Morgan fingerprint density at radius 2 is 0.906 bits per heavy atom. The van der Waals surface area contributed by atoms with Crippen LogP contribution in [0.3, 0.4) is 0 Å². The summed E-state index contributed by atoms with van der Waals surface area (Å²) in [5, 5.41) is 7.36. The van der Waals surface area contributed by atoms with E-state index in [2.05, 4.69) is 10.2 Å². The maximum atomic E-state index is 13.7. The van der Waals surface area contributed by atoms with Crippen LogP contribution in [0.5, 0.6) is 0 Å². The first-order valence-electron chi connectivity index (χ1n) is 18.4. The van der Waals surface area contributed by atoms with Crippen LogP contribution in [-0.4, -0.2) is 76.4 Å². The number of aromatic nitrogens is 4. The largest absolute Gasteiger partial charge is 0.511 e. The highest BCUT2D eigenvalue weighted by Crippen LogP contribution is 2.35. The number of hydrogen-bond acceptors (Lipinski definition) is 11. The monoisotopic (exact) mass is 932 g/mol. The molecule has 0 saturated carbocycles. The molecule has 6 rings (SSSR count). The SMILES string of the molecule is CC(=O)N(COC(=O)OCN(C(C)=O)S(=O)(=O)c1ccc(-n2nc(C(F)(F)F)cc2-c2cccc(C)c2)cc1)S(=O)(=O)c1ccc(-n2nc(C(F)(F)F)cc2-c2cccc(C)c2)cc1. The summed E-state index contributed by atoms with van der Waals surface area (Å²) >= 11 is 0. The molecule has 0 radical (unpaired) electrons. The van der Waals surface area contributed by atoms with Crippen molar-refractivity contribution >= 4 is 38.0 Å². The fourth-order valence-electron chi connectivity index (χ4n) is 6.15. The lowest BCUT2D eigenvalue weighted by Gasteiger charge is -2.22. The van der Waals surface area contributed by atoms with Crippen molar-refractivity contribution in [1.82, 2.24) is 28.2 Å². The maximum Gasteiger partial charge on any atom is 0.511 e. The van der Waals surface area contributed by atoms with Gasteiger partial charge in [-0.3, -0.25) is 9.59 Å². The summed E-state index contributed by atoms with van der Waals surface area (Å²) in [6.45, 7) is 2.51. The van der Waals surface area contributed by atoms with Crippen LogP contribution in [0.15, 0.2) is 119 Å². The molecule has 0 fully saturated rings. The van der Waals surface area contributed by atoms with Crippen molar-refractivity contribution in [3.05, 3.63) is 132 Å². The third-order valence-electron chi connectivity index (χ3n) is 9.27. The second kappa shape index (κ2) is 17.6. The molecule has 23 heteroatoms. The van der Waals surface area contributed by atoms with Gasteiger partial charge in [-0.25, -0.2) is 31.0 Å². The van der Waals surface area contributed by atoms with Crippen LogP contribution in [-0.2, 0) is 51.5 Å². The lowest BCUT2D eigenvalue weighted by atomic mass is 10.1. The molecule has 0 aliphatic heterocycles. The first-order valence-corrected chi connectivity index (χ1v) is 21.3. The molecule has 0 aliphatic carbocycles. The van der Waals surface area contributed by atoms with Gasteiger partial charge >= 0.3 is 18.5 Å². The van der Waals surface area contributed by atoms with Gasteiger partial charge in [0.15, 0.2) is 24.8 Å². The number of aryl methyl sites for hydroxylation is 2. The van der Waals surface area contributed by atoms with Gasteiger partial charge in [-0.2, -0.15) is 45.2 Å². The molecule has 0 spiro atoms. The zero-order valence-electron chi connectivity index (χ0n) is 33.7. The van der Waals surface area contributed by atoms with Gasteiger partial charge in [-0.1, -0.05) is 47.5 Å². The molecule has 0 atom stereocenters. The van der Waals surface area contributed by atoms with Crippen molar-refractivity contribution in [2.24, 2.45) is 0 Å². The van der Waals surface area contributed by atoms with Crippen LogP contribution in [0.2, 0.25) is 0 Å². The van der Waals surface area contributed by atoms with E-state index in [0.717, 1.165) is 95.0 Å². The number of nitrogens with zero attached hydrogens (tertiary/aromatic N) is 6. The van der Waals surface area contributed by atoms with Crippen molar-refractivity contribution < 1.29 is 67.0 Å². The number of carbonyl (C=O) groups excluding carboxylic acids is 3. The summed E-state index contributed by atoms with van der Waals surface area (Å²) < 4.78 is 148. The third kappa shape index (κ3) is 9.94. The smallest absolute Gasteiger partial charge is 0.412 e. The molecule has 0 bridgehead atoms. The van der Waals surface area contributed by atoms with Crippen molar-refractivity contribution in [1.29, 1.82) is 0 Å². The number of alkyl halides is 6. The Kier molecular flexibility index (Phi) is 12.8. The highest BCUT2D eigenvalue weighted by Gasteiger charge is 2.37. The van der Waals surface area contributed by atoms with Gasteiger partial charge in [0.25, 0.3) is 20.0 Å². The number of benzene rings is 4. The Balaban J connectivity index is 1.15. The molecule has 2 amide bonds. The zero-order chi connectivity index (χ0) is 46.9. The zero-order valence-corrected chi connectivity index (χ0v) is 35.4. The lowest BCUT2D eigenvalue weighted by Crippen LogP contribution is -2.40. The average Bonchev–Trinajstić information content (AvgIpc) is 3.88. The van der Waals surface area contributed by atoms with E-state index < -0.39 is 85.0 Å². The molecule has 2 aromatic heterocycles.